The maximum absolute atomic E-state index is 14.3. The van der Waals surface area contributed by atoms with Crippen molar-refractivity contribution in [2.24, 2.45) is 0 Å². The number of hydrogen-bond acceptors (Lipinski definition) is 4. The molecule has 0 fully saturated rings. The van der Waals surface area contributed by atoms with Crippen molar-refractivity contribution in [1.29, 1.82) is 0 Å². The van der Waals surface area contributed by atoms with Gasteiger partial charge in [-0.1, -0.05) is 78.4 Å². The van der Waals surface area contributed by atoms with Crippen molar-refractivity contribution in [2.45, 2.75) is 37.8 Å². The third-order valence-corrected chi connectivity index (χ3v) is 8.57. The Morgan fingerprint density at radius 2 is 1.45 bits per heavy atom. The van der Waals surface area contributed by atoms with Crippen molar-refractivity contribution in [3.8, 4) is 0 Å². The summed E-state index contributed by atoms with van der Waals surface area (Å²) in [5, 5.41) is 2.84. The lowest BCUT2D eigenvalue weighted by molar-refractivity contribution is -0.140. The van der Waals surface area contributed by atoms with Crippen LogP contribution in [0.1, 0.15) is 23.6 Å². The van der Waals surface area contributed by atoms with Gasteiger partial charge >= 0.3 is 0 Å². The molecule has 1 atom stereocenters. The van der Waals surface area contributed by atoms with Crippen LogP contribution in [0.5, 0.6) is 0 Å². The van der Waals surface area contributed by atoms with Crippen molar-refractivity contribution in [3.05, 3.63) is 132 Å². The molecule has 4 rings (SSSR count). The largest absolute Gasteiger partial charge is 0.355 e. The van der Waals surface area contributed by atoms with Crippen molar-refractivity contribution in [2.75, 3.05) is 17.4 Å². The molecule has 2 amide bonds. The van der Waals surface area contributed by atoms with E-state index in [1.807, 2.05) is 61.5 Å². The van der Waals surface area contributed by atoms with Gasteiger partial charge in [-0.15, -0.1) is 0 Å². The van der Waals surface area contributed by atoms with Crippen LogP contribution in [0.4, 0.5) is 10.1 Å². The zero-order chi connectivity index (χ0) is 30.1. The van der Waals surface area contributed by atoms with E-state index < -0.39 is 34.3 Å². The highest BCUT2D eigenvalue weighted by molar-refractivity contribution is 7.92. The highest BCUT2D eigenvalue weighted by atomic mass is 32.2. The standard InChI is InChI=1S/C33H34FN3O4S/c1-3-35-33(39)31(22-26-12-6-4-7-13-26)36(23-27-14-10-11-25(2)21-27)32(38)24-37(29-19-17-28(34)18-20-29)42(40,41)30-15-8-5-9-16-30/h4-21,31H,3,22-24H2,1-2H3,(H,35,39). The molecule has 0 aromatic heterocycles. The number of halogens is 1. The van der Waals surface area contributed by atoms with Gasteiger partial charge in [-0.05, 0) is 61.4 Å². The molecule has 1 N–H and O–H groups in total. The molecule has 0 radical (unpaired) electrons. The van der Waals surface area contributed by atoms with E-state index in [9.17, 15) is 22.4 Å². The zero-order valence-corrected chi connectivity index (χ0v) is 24.4. The SMILES string of the molecule is CCNC(=O)C(Cc1ccccc1)N(Cc1cccc(C)c1)C(=O)CN(c1ccc(F)cc1)S(=O)(=O)c1ccccc1. The molecule has 0 saturated carbocycles. The molecule has 4 aromatic rings. The lowest BCUT2D eigenvalue weighted by atomic mass is 10.0. The van der Waals surface area contributed by atoms with Crippen molar-refractivity contribution in [1.82, 2.24) is 10.2 Å². The van der Waals surface area contributed by atoms with Gasteiger partial charge in [0.15, 0.2) is 0 Å². The maximum Gasteiger partial charge on any atom is 0.264 e. The molecule has 0 aliphatic carbocycles. The van der Waals surface area contributed by atoms with Gasteiger partial charge in [0.1, 0.15) is 18.4 Å². The van der Waals surface area contributed by atoms with Crippen LogP contribution in [0, 0.1) is 12.7 Å². The summed E-state index contributed by atoms with van der Waals surface area (Å²) < 4.78 is 42.5. The molecular formula is C33H34FN3O4S. The van der Waals surface area contributed by atoms with E-state index >= 15 is 0 Å². The Morgan fingerprint density at radius 1 is 0.833 bits per heavy atom. The summed E-state index contributed by atoms with van der Waals surface area (Å²) in [5.74, 6) is -1.46. The van der Waals surface area contributed by atoms with Crippen LogP contribution in [0.25, 0.3) is 0 Å². The predicted octanol–water partition coefficient (Wildman–Crippen LogP) is 5.11. The van der Waals surface area contributed by atoms with Crippen LogP contribution in [-0.4, -0.2) is 44.3 Å². The number of nitrogens with one attached hydrogen (secondary N) is 1. The Labute approximate surface area is 246 Å². The Morgan fingerprint density at radius 3 is 2.07 bits per heavy atom. The second kappa shape index (κ2) is 13.9. The van der Waals surface area contributed by atoms with Gasteiger partial charge in [0.05, 0.1) is 10.6 Å². The number of sulfonamides is 1. The van der Waals surface area contributed by atoms with Crippen LogP contribution >= 0.6 is 0 Å². The first-order valence-electron chi connectivity index (χ1n) is 13.7. The van der Waals surface area contributed by atoms with Crippen molar-refractivity contribution < 1.29 is 22.4 Å². The number of benzene rings is 4. The Kier molecular flexibility index (Phi) is 10.1. The van der Waals surface area contributed by atoms with Gasteiger partial charge in [0, 0.05) is 19.5 Å². The summed E-state index contributed by atoms with van der Waals surface area (Å²) in [4.78, 5) is 29.2. The molecule has 4 aromatic carbocycles. The molecule has 0 heterocycles. The van der Waals surface area contributed by atoms with E-state index in [-0.39, 0.29) is 29.5 Å². The van der Waals surface area contributed by atoms with Gasteiger partial charge < -0.3 is 10.2 Å². The minimum absolute atomic E-state index is 0.0167. The molecule has 0 spiro atoms. The third-order valence-electron chi connectivity index (χ3n) is 6.78. The summed E-state index contributed by atoms with van der Waals surface area (Å²) in [7, 11) is -4.23. The highest BCUT2D eigenvalue weighted by Crippen LogP contribution is 2.25. The average Bonchev–Trinajstić information content (AvgIpc) is 2.99. The number of carbonyl (C=O) groups excluding carboxylic acids is 2. The van der Waals surface area contributed by atoms with E-state index in [0.717, 1.165) is 33.1 Å². The molecule has 0 bridgehead atoms. The van der Waals surface area contributed by atoms with E-state index in [1.165, 1.54) is 29.2 Å². The van der Waals surface area contributed by atoms with Gasteiger partial charge in [-0.2, -0.15) is 0 Å². The average molecular weight is 588 g/mol. The molecule has 0 aliphatic heterocycles. The number of hydrogen-bond donors (Lipinski definition) is 1. The molecule has 0 aliphatic rings. The zero-order valence-electron chi connectivity index (χ0n) is 23.6. The van der Waals surface area contributed by atoms with E-state index in [2.05, 4.69) is 5.32 Å². The summed E-state index contributed by atoms with van der Waals surface area (Å²) >= 11 is 0. The third kappa shape index (κ3) is 7.61. The topological polar surface area (TPSA) is 86.8 Å². The molecule has 0 saturated heterocycles. The first-order valence-corrected chi connectivity index (χ1v) is 15.1. The smallest absolute Gasteiger partial charge is 0.264 e. The fourth-order valence-electron chi connectivity index (χ4n) is 4.71. The maximum atomic E-state index is 14.3. The molecule has 9 heteroatoms. The summed E-state index contributed by atoms with van der Waals surface area (Å²) in [6.45, 7) is 3.58. The molecule has 218 valence electrons. The van der Waals surface area contributed by atoms with Crippen LogP contribution in [0.2, 0.25) is 0 Å². The fourth-order valence-corrected chi connectivity index (χ4v) is 6.14. The number of likely N-dealkylation sites (N-methyl/N-ethyl adjacent to an activating group) is 1. The number of carbonyl (C=O) groups is 2. The minimum atomic E-state index is -4.23. The summed E-state index contributed by atoms with van der Waals surface area (Å²) in [6, 6.07) is 28.7. The number of anilines is 1. The number of rotatable bonds is 12. The monoisotopic (exact) mass is 587 g/mol. The van der Waals surface area contributed by atoms with Gasteiger partial charge in [-0.25, -0.2) is 12.8 Å². The second-order valence-corrected chi connectivity index (χ2v) is 11.8. The number of nitrogens with zero attached hydrogens (tertiary/aromatic N) is 2. The lowest BCUT2D eigenvalue weighted by Crippen LogP contribution is -2.53. The Balaban J connectivity index is 1.78. The van der Waals surface area contributed by atoms with Crippen molar-refractivity contribution in [3.63, 3.8) is 0 Å². The van der Waals surface area contributed by atoms with E-state index in [4.69, 9.17) is 0 Å². The minimum Gasteiger partial charge on any atom is -0.355 e. The van der Waals surface area contributed by atoms with Crippen LogP contribution < -0.4 is 9.62 Å². The molecular weight excluding hydrogens is 553 g/mol. The summed E-state index contributed by atoms with van der Waals surface area (Å²) in [6.07, 6.45) is 0.228. The molecule has 7 nitrogen and oxygen atoms in total. The number of aryl methyl sites for hydroxylation is 1. The van der Waals surface area contributed by atoms with Crippen LogP contribution in [0.15, 0.2) is 114 Å². The predicted molar refractivity (Wildman–Crippen MR) is 162 cm³/mol. The normalized spacial score (nSPS) is 11.9. The summed E-state index contributed by atoms with van der Waals surface area (Å²) in [5.41, 5.74) is 2.76. The number of amides is 2. The molecule has 1 unspecified atom stereocenters. The van der Waals surface area contributed by atoms with Crippen LogP contribution in [-0.2, 0) is 32.6 Å². The van der Waals surface area contributed by atoms with Gasteiger partial charge in [0.25, 0.3) is 10.0 Å². The van der Waals surface area contributed by atoms with Gasteiger partial charge in [-0.3, -0.25) is 13.9 Å². The van der Waals surface area contributed by atoms with Crippen molar-refractivity contribution >= 4 is 27.5 Å². The first kappa shape index (κ1) is 30.5. The lowest BCUT2D eigenvalue weighted by Gasteiger charge is -2.34. The Hall–Kier alpha value is -4.50. The van der Waals surface area contributed by atoms with Crippen LogP contribution in [0.3, 0.4) is 0 Å². The molecule has 42 heavy (non-hydrogen) atoms. The fraction of sp³-hybridized carbons (Fsp3) is 0.212. The second-order valence-electron chi connectivity index (χ2n) is 9.91. The van der Waals surface area contributed by atoms with E-state index in [0.29, 0.717) is 6.54 Å². The van der Waals surface area contributed by atoms with Gasteiger partial charge in [0.2, 0.25) is 11.8 Å². The Bertz CT molecular complexity index is 1600. The highest BCUT2D eigenvalue weighted by Gasteiger charge is 2.34. The van der Waals surface area contributed by atoms with E-state index in [1.54, 1.807) is 25.1 Å². The first-order chi connectivity index (χ1) is 20.2. The quantitative estimate of drug-likeness (QED) is 0.250.